The Balaban J connectivity index is 1.74. The molecule has 0 aromatic heterocycles. The van der Waals surface area contributed by atoms with E-state index < -0.39 is 0 Å². The van der Waals surface area contributed by atoms with Gasteiger partial charge in [-0.2, -0.15) is 0 Å². The van der Waals surface area contributed by atoms with Crippen molar-refractivity contribution in [2.45, 2.75) is 58.8 Å². The number of hydrogen-bond acceptors (Lipinski definition) is 2. The van der Waals surface area contributed by atoms with Crippen LogP contribution < -0.4 is 10.6 Å². The average Bonchev–Trinajstić information content (AvgIpc) is 2.99. The van der Waals surface area contributed by atoms with Gasteiger partial charge in [0, 0.05) is 20.1 Å². The lowest BCUT2D eigenvalue weighted by Crippen LogP contribution is -2.43. The maximum absolute atomic E-state index is 5.35. The van der Waals surface area contributed by atoms with E-state index in [0.717, 1.165) is 51.0 Å². The Morgan fingerprint density at radius 3 is 2.70 bits per heavy atom. The zero-order chi connectivity index (χ0) is 16.5. The summed E-state index contributed by atoms with van der Waals surface area (Å²) in [5, 5.41) is 7.06. The van der Waals surface area contributed by atoms with Gasteiger partial charge in [0.1, 0.15) is 0 Å². The zero-order valence-electron chi connectivity index (χ0n) is 15.3. The SMILES string of the molecule is CN=C(NCCC1=CCOCC1)NCC1(CC(C)C)CCCC1. The van der Waals surface area contributed by atoms with Crippen molar-refractivity contribution in [2.24, 2.45) is 16.3 Å². The van der Waals surface area contributed by atoms with Gasteiger partial charge in [-0.25, -0.2) is 0 Å². The summed E-state index contributed by atoms with van der Waals surface area (Å²) < 4.78 is 5.35. The van der Waals surface area contributed by atoms with Crippen LogP contribution >= 0.6 is 0 Å². The predicted molar refractivity (Wildman–Crippen MR) is 97.9 cm³/mol. The van der Waals surface area contributed by atoms with Gasteiger partial charge in [0.05, 0.1) is 13.2 Å². The fourth-order valence-corrected chi connectivity index (χ4v) is 4.07. The summed E-state index contributed by atoms with van der Waals surface area (Å²) in [5.74, 6) is 1.72. The molecule has 1 aliphatic carbocycles. The second-order valence-corrected chi connectivity index (χ2v) is 7.59. The van der Waals surface area contributed by atoms with Gasteiger partial charge in [0.15, 0.2) is 5.96 Å². The quantitative estimate of drug-likeness (QED) is 0.428. The molecule has 1 aliphatic heterocycles. The molecule has 0 amide bonds. The molecule has 23 heavy (non-hydrogen) atoms. The summed E-state index contributed by atoms with van der Waals surface area (Å²) in [5.41, 5.74) is 1.99. The van der Waals surface area contributed by atoms with Crippen molar-refractivity contribution in [1.82, 2.24) is 10.6 Å². The smallest absolute Gasteiger partial charge is 0.191 e. The molecule has 2 aliphatic rings. The molecule has 1 saturated carbocycles. The summed E-state index contributed by atoms with van der Waals surface area (Å²) in [6.45, 7) is 8.34. The lowest BCUT2D eigenvalue weighted by atomic mass is 9.78. The lowest BCUT2D eigenvalue weighted by Gasteiger charge is -2.32. The summed E-state index contributed by atoms with van der Waals surface area (Å²) in [7, 11) is 1.87. The molecular weight excluding hydrogens is 286 g/mol. The first-order valence-electron chi connectivity index (χ1n) is 9.34. The minimum atomic E-state index is 0.481. The monoisotopic (exact) mass is 321 g/mol. The van der Waals surface area contributed by atoms with E-state index >= 15 is 0 Å². The Morgan fingerprint density at radius 1 is 1.30 bits per heavy atom. The van der Waals surface area contributed by atoms with Gasteiger partial charge in [-0.1, -0.05) is 38.3 Å². The number of hydrogen-bond donors (Lipinski definition) is 2. The largest absolute Gasteiger partial charge is 0.377 e. The van der Waals surface area contributed by atoms with Crippen molar-refractivity contribution in [3.63, 3.8) is 0 Å². The van der Waals surface area contributed by atoms with E-state index in [-0.39, 0.29) is 0 Å². The van der Waals surface area contributed by atoms with Gasteiger partial charge < -0.3 is 15.4 Å². The number of ether oxygens (including phenoxy) is 1. The van der Waals surface area contributed by atoms with Crippen LogP contribution in [0.4, 0.5) is 0 Å². The lowest BCUT2D eigenvalue weighted by molar-refractivity contribution is 0.153. The number of nitrogens with one attached hydrogen (secondary N) is 2. The van der Waals surface area contributed by atoms with Gasteiger partial charge in [-0.15, -0.1) is 0 Å². The van der Waals surface area contributed by atoms with Crippen LogP contribution in [0.15, 0.2) is 16.6 Å². The third-order valence-electron chi connectivity index (χ3n) is 5.16. The summed E-state index contributed by atoms with van der Waals surface area (Å²) in [4.78, 5) is 4.39. The van der Waals surface area contributed by atoms with Crippen LogP contribution in [0.25, 0.3) is 0 Å². The van der Waals surface area contributed by atoms with Crippen LogP contribution in [0.2, 0.25) is 0 Å². The van der Waals surface area contributed by atoms with Gasteiger partial charge in [0.2, 0.25) is 0 Å². The first kappa shape index (κ1) is 18.3. The number of nitrogens with zero attached hydrogens (tertiary/aromatic N) is 1. The molecule has 0 aromatic rings. The van der Waals surface area contributed by atoms with E-state index in [1.165, 1.54) is 37.7 Å². The summed E-state index contributed by atoms with van der Waals surface area (Å²) in [6, 6.07) is 0. The van der Waals surface area contributed by atoms with E-state index in [0.29, 0.717) is 5.41 Å². The molecule has 0 radical (unpaired) electrons. The van der Waals surface area contributed by atoms with Crippen molar-refractivity contribution in [2.75, 3.05) is 33.4 Å². The van der Waals surface area contributed by atoms with Crippen molar-refractivity contribution < 1.29 is 4.74 Å². The molecule has 2 rings (SSSR count). The second-order valence-electron chi connectivity index (χ2n) is 7.59. The molecule has 1 fully saturated rings. The predicted octanol–water partition coefficient (Wildman–Crippen LogP) is 3.49. The van der Waals surface area contributed by atoms with Crippen LogP contribution in [-0.2, 0) is 4.74 Å². The van der Waals surface area contributed by atoms with Gasteiger partial charge in [0.25, 0.3) is 0 Å². The Hall–Kier alpha value is -1.03. The molecule has 0 unspecified atom stereocenters. The third-order valence-corrected chi connectivity index (χ3v) is 5.16. The van der Waals surface area contributed by atoms with Gasteiger partial charge in [-0.05, 0) is 43.4 Å². The Labute approximate surface area is 142 Å². The number of rotatable bonds is 7. The minimum absolute atomic E-state index is 0.481. The molecule has 0 saturated heterocycles. The molecule has 4 nitrogen and oxygen atoms in total. The Kier molecular flexibility index (Phi) is 7.41. The van der Waals surface area contributed by atoms with E-state index in [1.807, 2.05) is 7.05 Å². The van der Waals surface area contributed by atoms with Crippen LogP contribution in [0.1, 0.15) is 58.8 Å². The van der Waals surface area contributed by atoms with Crippen molar-refractivity contribution in [3.8, 4) is 0 Å². The maximum atomic E-state index is 5.35. The van der Waals surface area contributed by atoms with Crippen LogP contribution in [0, 0.1) is 11.3 Å². The molecule has 0 bridgehead atoms. The highest BCUT2D eigenvalue weighted by molar-refractivity contribution is 5.79. The summed E-state index contributed by atoms with van der Waals surface area (Å²) in [6.07, 6.45) is 11.2. The summed E-state index contributed by atoms with van der Waals surface area (Å²) >= 11 is 0. The highest BCUT2D eigenvalue weighted by atomic mass is 16.5. The minimum Gasteiger partial charge on any atom is -0.377 e. The molecule has 1 heterocycles. The van der Waals surface area contributed by atoms with Crippen LogP contribution in [0.5, 0.6) is 0 Å². The standard InChI is InChI=1S/C19H35N3O/c1-16(2)14-19(9-4-5-10-19)15-22-18(20-3)21-11-6-17-7-12-23-13-8-17/h7,16H,4-6,8-15H2,1-3H3,(H2,20,21,22). The topological polar surface area (TPSA) is 45.7 Å². The molecule has 132 valence electrons. The van der Waals surface area contributed by atoms with Gasteiger partial charge in [-0.3, -0.25) is 4.99 Å². The zero-order valence-corrected chi connectivity index (χ0v) is 15.3. The number of guanidine groups is 1. The van der Waals surface area contributed by atoms with E-state index in [2.05, 4.69) is 35.5 Å². The van der Waals surface area contributed by atoms with Crippen molar-refractivity contribution >= 4 is 5.96 Å². The first-order chi connectivity index (χ1) is 11.1. The Bertz CT molecular complexity index is 409. The Morgan fingerprint density at radius 2 is 2.09 bits per heavy atom. The van der Waals surface area contributed by atoms with E-state index in [4.69, 9.17) is 4.74 Å². The molecule has 0 aromatic carbocycles. The molecule has 0 atom stereocenters. The van der Waals surface area contributed by atoms with Crippen LogP contribution in [0.3, 0.4) is 0 Å². The molecular formula is C19H35N3O. The molecule has 0 spiro atoms. The highest BCUT2D eigenvalue weighted by Crippen LogP contribution is 2.42. The maximum Gasteiger partial charge on any atom is 0.191 e. The number of aliphatic imine (C=N–C) groups is 1. The normalized spacial score (nSPS) is 21.4. The average molecular weight is 322 g/mol. The van der Waals surface area contributed by atoms with Gasteiger partial charge >= 0.3 is 0 Å². The fourth-order valence-electron chi connectivity index (χ4n) is 4.07. The third kappa shape index (κ3) is 6.17. The van der Waals surface area contributed by atoms with Crippen molar-refractivity contribution in [3.05, 3.63) is 11.6 Å². The second kappa shape index (κ2) is 9.31. The van der Waals surface area contributed by atoms with E-state index in [9.17, 15) is 0 Å². The van der Waals surface area contributed by atoms with Crippen molar-refractivity contribution in [1.29, 1.82) is 0 Å². The fraction of sp³-hybridized carbons (Fsp3) is 0.842. The molecule has 4 heteroatoms. The van der Waals surface area contributed by atoms with E-state index in [1.54, 1.807) is 0 Å². The first-order valence-corrected chi connectivity index (χ1v) is 9.34. The highest BCUT2D eigenvalue weighted by Gasteiger charge is 2.34. The van der Waals surface area contributed by atoms with Crippen LogP contribution in [-0.4, -0.2) is 39.3 Å². The molecule has 2 N–H and O–H groups in total.